The van der Waals surface area contributed by atoms with E-state index in [1.165, 1.54) is 0 Å². The molecule has 7 rings (SSSR count). The Kier molecular flexibility index (Phi) is 4.40. The first-order chi connectivity index (χ1) is 17.6. The quantitative estimate of drug-likeness (QED) is 0.384. The van der Waals surface area contributed by atoms with Crippen LogP contribution in [0.15, 0.2) is 61.2 Å². The van der Waals surface area contributed by atoms with Gasteiger partial charge in [0.2, 0.25) is 6.79 Å². The van der Waals surface area contributed by atoms with Crippen LogP contribution in [0.1, 0.15) is 0 Å². The van der Waals surface area contributed by atoms with Crippen LogP contribution in [0, 0.1) is 0 Å². The SMILES string of the molecule is CN(C)c1cncc(-c2ccc3[nH]nc(-c4nc5c(-c6ccc7c(c6)OCO7)cncc5[nH]4)c3n2)c1. The number of imidazole rings is 1. The van der Waals surface area contributed by atoms with E-state index in [2.05, 4.69) is 31.2 Å². The van der Waals surface area contributed by atoms with Crippen molar-refractivity contribution in [2.24, 2.45) is 0 Å². The Morgan fingerprint density at radius 1 is 0.806 bits per heavy atom. The fourth-order valence-electron chi connectivity index (χ4n) is 4.36. The van der Waals surface area contributed by atoms with Crippen LogP contribution in [0.25, 0.3) is 56.0 Å². The van der Waals surface area contributed by atoms with E-state index in [1.807, 2.05) is 61.7 Å². The first-order valence-corrected chi connectivity index (χ1v) is 11.4. The molecule has 0 atom stereocenters. The fraction of sp³-hybridized carbons (Fsp3) is 0.115. The van der Waals surface area contributed by atoms with Gasteiger partial charge in [-0.15, -0.1) is 0 Å². The van der Waals surface area contributed by atoms with E-state index < -0.39 is 0 Å². The lowest BCUT2D eigenvalue weighted by molar-refractivity contribution is 0.174. The number of rotatable bonds is 4. The number of fused-ring (bicyclic) bond motifs is 3. The second-order valence-electron chi connectivity index (χ2n) is 8.73. The van der Waals surface area contributed by atoms with Crippen molar-refractivity contribution in [3.8, 4) is 45.4 Å². The maximum absolute atomic E-state index is 5.55. The summed E-state index contributed by atoms with van der Waals surface area (Å²) in [6.07, 6.45) is 7.19. The van der Waals surface area contributed by atoms with E-state index in [1.54, 1.807) is 12.4 Å². The Morgan fingerprint density at radius 3 is 2.61 bits per heavy atom. The Labute approximate surface area is 205 Å². The minimum atomic E-state index is 0.227. The van der Waals surface area contributed by atoms with E-state index in [9.17, 15) is 0 Å². The predicted molar refractivity (Wildman–Crippen MR) is 136 cm³/mol. The van der Waals surface area contributed by atoms with Gasteiger partial charge in [0.15, 0.2) is 23.0 Å². The number of aromatic nitrogens is 7. The molecule has 0 amide bonds. The molecule has 0 unspecified atom stereocenters. The molecule has 10 heteroatoms. The maximum Gasteiger partial charge on any atom is 0.231 e. The predicted octanol–water partition coefficient (Wildman–Crippen LogP) is 4.42. The summed E-state index contributed by atoms with van der Waals surface area (Å²) >= 11 is 0. The van der Waals surface area contributed by atoms with Crippen molar-refractivity contribution in [3.63, 3.8) is 0 Å². The lowest BCUT2D eigenvalue weighted by Crippen LogP contribution is -2.08. The van der Waals surface area contributed by atoms with Crippen LogP contribution in [0.2, 0.25) is 0 Å². The second-order valence-corrected chi connectivity index (χ2v) is 8.73. The molecule has 1 aliphatic rings. The Bertz CT molecular complexity index is 1770. The van der Waals surface area contributed by atoms with Gasteiger partial charge in [-0.05, 0) is 35.9 Å². The van der Waals surface area contributed by atoms with Gasteiger partial charge in [-0.25, -0.2) is 9.97 Å². The summed E-state index contributed by atoms with van der Waals surface area (Å²) < 4.78 is 11.0. The van der Waals surface area contributed by atoms with Crippen LogP contribution in [0.4, 0.5) is 5.69 Å². The van der Waals surface area contributed by atoms with E-state index in [0.29, 0.717) is 17.3 Å². The largest absolute Gasteiger partial charge is 0.454 e. The smallest absolute Gasteiger partial charge is 0.231 e. The average molecular weight is 477 g/mol. The third-order valence-electron chi connectivity index (χ3n) is 6.25. The number of hydrogen-bond acceptors (Lipinski definition) is 8. The minimum Gasteiger partial charge on any atom is -0.454 e. The molecule has 0 aliphatic carbocycles. The van der Waals surface area contributed by atoms with Gasteiger partial charge in [-0.1, -0.05) is 6.07 Å². The van der Waals surface area contributed by atoms with Gasteiger partial charge in [0.1, 0.15) is 5.52 Å². The Hall–Kier alpha value is -4.99. The third-order valence-corrected chi connectivity index (χ3v) is 6.25. The van der Waals surface area contributed by atoms with Gasteiger partial charge in [-0.3, -0.25) is 15.1 Å². The molecule has 6 heterocycles. The molecule has 176 valence electrons. The van der Waals surface area contributed by atoms with Crippen molar-refractivity contribution in [1.29, 1.82) is 0 Å². The lowest BCUT2D eigenvalue weighted by atomic mass is 10.1. The summed E-state index contributed by atoms with van der Waals surface area (Å²) in [5.41, 5.74) is 8.32. The molecular weight excluding hydrogens is 456 g/mol. The summed E-state index contributed by atoms with van der Waals surface area (Å²) in [7, 11) is 3.97. The lowest BCUT2D eigenvalue weighted by Gasteiger charge is -2.12. The fourth-order valence-corrected chi connectivity index (χ4v) is 4.36. The molecule has 0 radical (unpaired) electrons. The van der Waals surface area contributed by atoms with Gasteiger partial charge in [-0.2, -0.15) is 5.10 Å². The van der Waals surface area contributed by atoms with Gasteiger partial charge in [0.25, 0.3) is 0 Å². The molecule has 6 aromatic rings. The molecule has 0 spiro atoms. The zero-order valence-corrected chi connectivity index (χ0v) is 19.5. The number of anilines is 1. The van der Waals surface area contributed by atoms with Crippen LogP contribution in [0.3, 0.4) is 0 Å². The highest BCUT2D eigenvalue weighted by atomic mass is 16.7. The van der Waals surface area contributed by atoms with Crippen molar-refractivity contribution in [1.82, 2.24) is 35.1 Å². The molecular formula is C26H20N8O2. The number of hydrogen-bond donors (Lipinski definition) is 2. The van der Waals surface area contributed by atoms with Gasteiger partial charge < -0.3 is 19.4 Å². The third kappa shape index (κ3) is 3.22. The number of H-pyrrole nitrogens is 2. The number of ether oxygens (including phenoxy) is 2. The molecule has 2 N–H and O–H groups in total. The number of pyridine rings is 3. The topological polar surface area (TPSA) is 118 Å². The highest BCUT2D eigenvalue weighted by molar-refractivity contribution is 5.96. The zero-order chi connectivity index (χ0) is 24.2. The normalized spacial score (nSPS) is 12.5. The molecule has 0 saturated heterocycles. The molecule has 36 heavy (non-hydrogen) atoms. The summed E-state index contributed by atoms with van der Waals surface area (Å²) in [5.74, 6) is 2.05. The molecule has 0 bridgehead atoms. The zero-order valence-electron chi connectivity index (χ0n) is 19.5. The summed E-state index contributed by atoms with van der Waals surface area (Å²) in [5, 5.41) is 7.60. The second kappa shape index (κ2) is 7.77. The monoisotopic (exact) mass is 476 g/mol. The van der Waals surface area contributed by atoms with Crippen LogP contribution in [0.5, 0.6) is 11.5 Å². The highest BCUT2D eigenvalue weighted by Gasteiger charge is 2.19. The first-order valence-electron chi connectivity index (χ1n) is 11.4. The van der Waals surface area contributed by atoms with Gasteiger partial charge in [0, 0.05) is 37.6 Å². The molecule has 10 nitrogen and oxygen atoms in total. The summed E-state index contributed by atoms with van der Waals surface area (Å²) in [6.45, 7) is 0.227. The van der Waals surface area contributed by atoms with E-state index >= 15 is 0 Å². The molecule has 0 fully saturated rings. The standard InChI is InChI=1S/C26H20N8O2/c1-34(2)16-7-15(9-27-10-16)18-4-5-19-24(29-18)25(33-32-19)26-30-20-12-28-11-17(23(20)31-26)14-3-6-21-22(8-14)36-13-35-21/h3-12H,13H2,1-2H3,(H,30,31)(H,32,33). The number of nitrogens with zero attached hydrogens (tertiary/aromatic N) is 6. The van der Waals surface area contributed by atoms with E-state index in [4.69, 9.17) is 19.4 Å². The summed E-state index contributed by atoms with van der Waals surface area (Å²) in [6, 6.07) is 11.8. The van der Waals surface area contributed by atoms with Crippen LogP contribution in [-0.2, 0) is 0 Å². The average Bonchev–Trinajstić information content (AvgIpc) is 3.65. The van der Waals surface area contributed by atoms with Gasteiger partial charge in [0.05, 0.1) is 40.3 Å². The van der Waals surface area contributed by atoms with E-state index in [-0.39, 0.29) is 6.79 Å². The van der Waals surface area contributed by atoms with Crippen LogP contribution in [-0.4, -0.2) is 56.0 Å². The molecule has 1 aromatic carbocycles. The maximum atomic E-state index is 5.55. The van der Waals surface area contributed by atoms with Crippen molar-refractivity contribution in [3.05, 3.63) is 61.2 Å². The Balaban J connectivity index is 1.34. The van der Waals surface area contributed by atoms with Crippen molar-refractivity contribution in [2.45, 2.75) is 0 Å². The van der Waals surface area contributed by atoms with Crippen molar-refractivity contribution >= 4 is 27.8 Å². The number of nitrogens with one attached hydrogen (secondary N) is 2. The summed E-state index contributed by atoms with van der Waals surface area (Å²) in [4.78, 5) is 24.0. The van der Waals surface area contributed by atoms with Crippen LogP contribution >= 0.6 is 0 Å². The minimum absolute atomic E-state index is 0.227. The molecule has 0 saturated carbocycles. The Morgan fingerprint density at radius 2 is 1.69 bits per heavy atom. The van der Waals surface area contributed by atoms with Crippen molar-refractivity contribution < 1.29 is 9.47 Å². The number of benzene rings is 1. The molecule has 5 aromatic heterocycles. The van der Waals surface area contributed by atoms with Gasteiger partial charge >= 0.3 is 0 Å². The first kappa shape index (κ1) is 20.4. The van der Waals surface area contributed by atoms with Crippen LogP contribution < -0.4 is 14.4 Å². The molecule has 1 aliphatic heterocycles. The van der Waals surface area contributed by atoms with E-state index in [0.717, 1.165) is 55.9 Å². The van der Waals surface area contributed by atoms with Crippen molar-refractivity contribution in [2.75, 3.05) is 25.8 Å². The highest BCUT2D eigenvalue weighted by Crippen LogP contribution is 2.38. The number of aromatic amines is 2.